The average molecular weight is 509 g/mol. The number of aliphatic hydroxyl groups is 1. The molecule has 0 spiro atoms. The van der Waals surface area contributed by atoms with E-state index in [0.29, 0.717) is 28.3 Å². The van der Waals surface area contributed by atoms with Gasteiger partial charge in [0, 0.05) is 5.56 Å². The van der Waals surface area contributed by atoms with E-state index in [1.807, 2.05) is 0 Å². The summed E-state index contributed by atoms with van der Waals surface area (Å²) in [4.78, 5) is 44.9. The van der Waals surface area contributed by atoms with Gasteiger partial charge in [-0.3, -0.25) is 14.5 Å². The molecule has 1 unspecified atom stereocenters. The van der Waals surface area contributed by atoms with Gasteiger partial charge in [-0.1, -0.05) is 47.7 Å². The zero-order valence-corrected chi connectivity index (χ0v) is 20.9. The Morgan fingerprint density at radius 3 is 2.42 bits per heavy atom. The van der Waals surface area contributed by atoms with Gasteiger partial charge in [-0.2, -0.15) is 0 Å². The Kier molecular flexibility index (Phi) is 7.07. The van der Waals surface area contributed by atoms with E-state index in [1.165, 1.54) is 19.1 Å². The van der Waals surface area contributed by atoms with Crippen LogP contribution in [0.3, 0.4) is 0 Å². The van der Waals surface area contributed by atoms with Gasteiger partial charge in [0.15, 0.2) is 16.6 Å². The summed E-state index contributed by atoms with van der Waals surface area (Å²) in [7, 11) is 2.96. The van der Waals surface area contributed by atoms with Crippen molar-refractivity contribution in [1.82, 2.24) is 4.98 Å². The highest BCUT2D eigenvalue weighted by Crippen LogP contribution is 2.45. The van der Waals surface area contributed by atoms with E-state index in [1.54, 1.807) is 62.4 Å². The van der Waals surface area contributed by atoms with Gasteiger partial charge in [-0.25, -0.2) is 9.78 Å². The number of anilines is 1. The molecule has 2 aromatic carbocycles. The molecule has 0 bridgehead atoms. The third-order valence-corrected chi connectivity index (χ3v) is 6.80. The quantitative estimate of drug-likeness (QED) is 0.218. The molecule has 0 saturated carbocycles. The number of nitrogens with zero attached hydrogens (tertiary/aromatic N) is 2. The van der Waals surface area contributed by atoms with Gasteiger partial charge < -0.3 is 19.3 Å². The van der Waals surface area contributed by atoms with Gasteiger partial charge in [0.05, 0.1) is 38.1 Å². The maximum absolute atomic E-state index is 13.4. The van der Waals surface area contributed by atoms with Crippen molar-refractivity contribution < 1.29 is 33.7 Å². The van der Waals surface area contributed by atoms with Crippen molar-refractivity contribution in [2.24, 2.45) is 0 Å². The number of benzene rings is 2. The maximum atomic E-state index is 13.4. The molecule has 1 saturated heterocycles. The van der Waals surface area contributed by atoms with E-state index in [0.717, 1.165) is 11.3 Å². The van der Waals surface area contributed by atoms with Crippen LogP contribution in [0.15, 0.2) is 54.1 Å². The molecule has 1 atom stereocenters. The SMILES string of the molecule is CCOC(=O)c1sc(N2C(=O)C(=O)C(=C(O)c3ccccc3)C2c2ccc(OC)c(OC)c2)nc1C. The average Bonchev–Trinajstić information content (AvgIpc) is 3.40. The lowest BCUT2D eigenvalue weighted by Crippen LogP contribution is -2.29. The predicted molar refractivity (Wildman–Crippen MR) is 134 cm³/mol. The minimum absolute atomic E-state index is 0.107. The predicted octanol–water partition coefficient (Wildman–Crippen LogP) is 4.27. The Morgan fingerprint density at radius 1 is 1.08 bits per heavy atom. The summed E-state index contributed by atoms with van der Waals surface area (Å²) in [6.45, 7) is 3.49. The normalized spacial score (nSPS) is 16.8. The molecular weight excluding hydrogens is 484 g/mol. The number of esters is 1. The van der Waals surface area contributed by atoms with E-state index < -0.39 is 23.7 Å². The molecule has 1 aliphatic rings. The van der Waals surface area contributed by atoms with Crippen LogP contribution in [0.4, 0.5) is 5.13 Å². The number of Topliss-reactive ketones (excluding diaryl/α,β-unsaturated/α-hetero) is 1. The molecule has 1 N–H and O–H groups in total. The standard InChI is InChI=1S/C26H24N2O7S/c1-5-35-25(32)23-14(2)27-26(36-23)28-20(16-11-12-17(33-3)18(13-16)34-4)19(22(30)24(28)31)21(29)15-9-7-6-8-10-15/h6-13,20,29H,5H2,1-4H3. The van der Waals surface area contributed by atoms with E-state index in [-0.39, 0.29) is 27.9 Å². The highest BCUT2D eigenvalue weighted by atomic mass is 32.1. The van der Waals surface area contributed by atoms with Gasteiger partial charge in [0.1, 0.15) is 10.6 Å². The van der Waals surface area contributed by atoms with Crippen LogP contribution in [0.1, 0.15) is 39.5 Å². The summed E-state index contributed by atoms with van der Waals surface area (Å²) >= 11 is 0.943. The Bertz CT molecular complexity index is 1360. The van der Waals surface area contributed by atoms with E-state index >= 15 is 0 Å². The Hall–Kier alpha value is -4.18. The number of amides is 1. The second-order valence-electron chi connectivity index (χ2n) is 7.78. The first-order valence-electron chi connectivity index (χ1n) is 11.0. The minimum atomic E-state index is -1.04. The number of carbonyl (C=O) groups is 3. The molecule has 1 amide bonds. The molecule has 0 aliphatic carbocycles. The minimum Gasteiger partial charge on any atom is -0.507 e. The number of hydrogen-bond acceptors (Lipinski definition) is 9. The highest BCUT2D eigenvalue weighted by Gasteiger charge is 2.48. The number of thiazole rings is 1. The van der Waals surface area contributed by atoms with Gasteiger partial charge in [-0.05, 0) is 31.5 Å². The number of hydrogen-bond donors (Lipinski definition) is 1. The number of aliphatic hydroxyl groups excluding tert-OH is 1. The zero-order valence-electron chi connectivity index (χ0n) is 20.1. The van der Waals surface area contributed by atoms with Crippen molar-refractivity contribution >= 4 is 39.9 Å². The fourth-order valence-electron chi connectivity index (χ4n) is 3.99. The number of carbonyl (C=O) groups excluding carboxylic acids is 3. The van der Waals surface area contributed by atoms with Gasteiger partial charge in [0.2, 0.25) is 0 Å². The van der Waals surface area contributed by atoms with Crippen LogP contribution in [0.25, 0.3) is 5.76 Å². The fourth-order valence-corrected chi connectivity index (χ4v) is 4.98. The molecule has 36 heavy (non-hydrogen) atoms. The molecule has 10 heteroatoms. The lowest BCUT2D eigenvalue weighted by Gasteiger charge is -2.23. The van der Waals surface area contributed by atoms with Crippen LogP contribution in [-0.4, -0.2) is 48.6 Å². The third-order valence-electron chi connectivity index (χ3n) is 5.67. The lowest BCUT2D eigenvalue weighted by atomic mass is 9.95. The van der Waals surface area contributed by atoms with Crippen LogP contribution >= 0.6 is 11.3 Å². The number of methoxy groups -OCH3 is 2. The fraction of sp³-hybridized carbons (Fsp3) is 0.231. The number of aryl methyl sites for hydroxylation is 1. The summed E-state index contributed by atoms with van der Waals surface area (Å²) in [6.07, 6.45) is 0. The van der Waals surface area contributed by atoms with Crippen molar-refractivity contribution in [3.8, 4) is 11.5 Å². The number of ketones is 1. The van der Waals surface area contributed by atoms with Crippen LogP contribution in [0, 0.1) is 6.92 Å². The molecule has 0 radical (unpaired) electrons. The van der Waals surface area contributed by atoms with Crippen molar-refractivity contribution in [2.45, 2.75) is 19.9 Å². The monoisotopic (exact) mass is 508 g/mol. The summed E-state index contributed by atoms with van der Waals surface area (Å²) < 4.78 is 15.8. The lowest BCUT2D eigenvalue weighted by molar-refractivity contribution is -0.132. The van der Waals surface area contributed by atoms with E-state index in [9.17, 15) is 19.5 Å². The second kappa shape index (κ2) is 10.2. The molecule has 1 aromatic heterocycles. The topological polar surface area (TPSA) is 115 Å². The van der Waals surface area contributed by atoms with Crippen LogP contribution in [0.5, 0.6) is 11.5 Å². The number of rotatable bonds is 7. The molecule has 3 aromatic rings. The van der Waals surface area contributed by atoms with Crippen molar-refractivity contribution in [2.75, 3.05) is 25.7 Å². The summed E-state index contributed by atoms with van der Waals surface area (Å²) in [5.74, 6) is -1.81. The molecule has 1 fully saturated rings. The van der Waals surface area contributed by atoms with Crippen molar-refractivity contribution in [1.29, 1.82) is 0 Å². The summed E-state index contributed by atoms with van der Waals surface area (Å²) in [5, 5.41) is 11.3. The molecule has 4 rings (SSSR count). The van der Waals surface area contributed by atoms with Crippen LogP contribution in [0.2, 0.25) is 0 Å². The van der Waals surface area contributed by atoms with E-state index in [2.05, 4.69) is 4.98 Å². The largest absolute Gasteiger partial charge is 0.507 e. The van der Waals surface area contributed by atoms with Crippen LogP contribution in [-0.2, 0) is 14.3 Å². The van der Waals surface area contributed by atoms with E-state index in [4.69, 9.17) is 14.2 Å². The Morgan fingerprint density at radius 2 is 1.78 bits per heavy atom. The summed E-state index contributed by atoms with van der Waals surface area (Å²) in [6, 6.07) is 12.4. The Balaban J connectivity index is 1.94. The smallest absolute Gasteiger partial charge is 0.350 e. The maximum Gasteiger partial charge on any atom is 0.350 e. The number of aromatic nitrogens is 1. The molecule has 186 valence electrons. The van der Waals surface area contributed by atoms with Crippen molar-refractivity contribution in [3.63, 3.8) is 0 Å². The molecular formula is C26H24N2O7S. The second-order valence-corrected chi connectivity index (χ2v) is 8.76. The highest BCUT2D eigenvalue weighted by molar-refractivity contribution is 7.17. The third kappa shape index (κ3) is 4.31. The van der Waals surface area contributed by atoms with Crippen molar-refractivity contribution in [3.05, 3.63) is 75.8 Å². The van der Waals surface area contributed by atoms with Crippen LogP contribution < -0.4 is 14.4 Å². The number of ether oxygens (including phenoxy) is 3. The van der Waals surface area contributed by atoms with Gasteiger partial charge >= 0.3 is 11.9 Å². The first-order chi connectivity index (χ1) is 17.3. The summed E-state index contributed by atoms with van der Waals surface area (Å²) in [5.41, 5.74) is 1.12. The molecule has 9 nitrogen and oxygen atoms in total. The first-order valence-corrected chi connectivity index (χ1v) is 11.9. The van der Waals surface area contributed by atoms with Gasteiger partial charge in [-0.15, -0.1) is 0 Å². The zero-order chi connectivity index (χ0) is 26.0. The Labute approximate surface area is 211 Å². The molecule has 1 aliphatic heterocycles. The van der Waals surface area contributed by atoms with Gasteiger partial charge in [0.25, 0.3) is 5.78 Å². The molecule has 2 heterocycles. The first kappa shape index (κ1) is 24.9.